The lowest BCUT2D eigenvalue weighted by Gasteiger charge is -2.06. The van der Waals surface area contributed by atoms with E-state index in [-0.39, 0.29) is 16.9 Å². The van der Waals surface area contributed by atoms with Gasteiger partial charge in [-0.1, -0.05) is 42.5 Å². The van der Waals surface area contributed by atoms with Crippen LogP contribution in [0, 0.1) is 10.1 Å². The highest BCUT2D eigenvalue weighted by molar-refractivity contribution is 6.00. The van der Waals surface area contributed by atoms with Crippen molar-refractivity contribution < 1.29 is 14.5 Å². The quantitative estimate of drug-likeness (QED) is 0.489. The number of aromatic amines is 1. The number of nitrogens with one attached hydrogen (secondary N) is 3. The lowest BCUT2D eigenvalue weighted by atomic mass is 10.1. The second kappa shape index (κ2) is 7.26. The Hall–Kier alpha value is -4.01. The molecule has 0 aliphatic carbocycles. The zero-order chi connectivity index (χ0) is 18.5. The summed E-state index contributed by atoms with van der Waals surface area (Å²) in [5.74, 6) is -1.43. The van der Waals surface area contributed by atoms with E-state index in [0.29, 0.717) is 5.69 Å². The molecule has 0 aliphatic rings. The van der Waals surface area contributed by atoms with Gasteiger partial charge in [-0.3, -0.25) is 35.7 Å². The van der Waals surface area contributed by atoms with Crippen LogP contribution in [-0.4, -0.2) is 26.9 Å². The van der Waals surface area contributed by atoms with E-state index in [9.17, 15) is 19.7 Å². The summed E-state index contributed by atoms with van der Waals surface area (Å²) < 4.78 is 0. The first-order valence-electron chi connectivity index (χ1n) is 7.51. The minimum Gasteiger partial charge on any atom is -0.272 e. The number of nitro groups is 1. The molecule has 0 aliphatic heterocycles. The minimum absolute atomic E-state index is 0.131. The molecule has 0 atom stereocenters. The van der Waals surface area contributed by atoms with Gasteiger partial charge in [0.1, 0.15) is 11.3 Å². The molecule has 1 heterocycles. The summed E-state index contributed by atoms with van der Waals surface area (Å²) in [6.45, 7) is 0. The fourth-order valence-corrected chi connectivity index (χ4v) is 2.27. The first-order valence-corrected chi connectivity index (χ1v) is 7.51. The standard InChI is InChI=1S/C17H13N5O4/c23-16(12-8-4-5-9-15(12)22(25)26)20-21-17(24)14-10-13(18-19-14)11-6-2-1-3-7-11/h1-10H,(H,18,19)(H,20,23)(H,21,24). The molecule has 3 N–H and O–H groups in total. The number of hydrogen-bond acceptors (Lipinski definition) is 5. The van der Waals surface area contributed by atoms with E-state index in [1.807, 2.05) is 30.3 Å². The van der Waals surface area contributed by atoms with Gasteiger partial charge in [0.05, 0.1) is 10.6 Å². The number of rotatable bonds is 4. The molecule has 0 spiro atoms. The van der Waals surface area contributed by atoms with E-state index in [4.69, 9.17) is 0 Å². The van der Waals surface area contributed by atoms with Gasteiger partial charge in [-0.25, -0.2) is 0 Å². The van der Waals surface area contributed by atoms with E-state index in [0.717, 1.165) is 5.56 Å². The maximum Gasteiger partial charge on any atom is 0.287 e. The first kappa shape index (κ1) is 16.8. The lowest BCUT2D eigenvalue weighted by molar-refractivity contribution is -0.385. The van der Waals surface area contributed by atoms with Gasteiger partial charge >= 0.3 is 0 Å². The second-order valence-corrected chi connectivity index (χ2v) is 5.22. The molecule has 2 aromatic carbocycles. The molecular formula is C17H13N5O4. The molecule has 9 nitrogen and oxygen atoms in total. The highest BCUT2D eigenvalue weighted by Gasteiger charge is 2.20. The first-order chi connectivity index (χ1) is 12.6. The number of para-hydroxylation sites is 1. The Morgan fingerprint density at radius 2 is 1.62 bits per heavy atom. The van der Waals surface area contributed by atoms with Crippen LogP contribution in [0.5, 0.6) is 0 Å². The summed E-state index contributed by atoms with van der Waals surface area (Å²) in [4.78, 5) is 34.5. The smallest absolute Gasteiger partial charge is 0.272 e. The van der Waals surface area contributed by atoms with Crippen LogP contribution in [0.2, 0.25) is 0 Å². The van der Waals surface area contributed by atoms with Gasteiger partial charge in [0.2, 0.25) is 0 Å². The van der Waals surface area contributed by atoms with Crippen molar-refractivity contribution in [2.75, 3.05) is 0 Å². The van der Waals surface area contributed by atoms with Crippen LogP contribution < -0.4 is 10.9 Å². The van der Waals surface area contributed by atoms with Crippen molar-refractivity contribution in [3.63, 3.8) is 0 Å². The summed E-state index contributed by atoms with van der Waals surface area (Å²) >= 11 is 0. The maximum absolute atomic E-state index is 12.1. The van der Waals surface area contributed by atoms with Crippen molar-refractivity contribution >= 4 is 17.5 Å². The predicted octanol–water partition coefficient (Wildman–Crippen LogP) is 2.06. The van der Waals surface area contributed by atoms with E-state index < -0.39 is 16.7 Å². The van der Waals surface area contributed by atoms with Crippen molar-refractivity contribution in [1.82, 2.24) is 21.0 Å². The van der Waals surface area contributed by atoms with Crippen molar-refractivity contribution in [2.24, 2.45) is 0 Å². The van der Waals surface area contributed by atoms with Crippen molar-refractivity contribution in [2.45, 2.75) is 0 Å². The molecule has 2 amide bonds. The monoisotopic (exact) mass is 351 g/mol. The lowest BCUT2D eigenvalue weighted by Crippen LogP contribution is -2.42. The molecule has 0 fully saturated rings. The maximum atomic E-state index is 12.1. The van der Waals surface area contributed by atoms with Crippen LogP contribution in [0.25, 0.3) is 11.3 Å². The topological polar surface area (TPSA) is 130 Å². The van der Waals surface area contributed by atoms with Gasteiger partial charge in [0, 0.05) is 11.6 Å². The molecule has 3 aromatic rings. The number of hydrogen-bond donors (Lipinski definition) is 3. The number of nitrogens with zero attached hydrogens (tertiary/aromatic N) is 2. The third-order valence-corrected chi connectivity index (χ3v) is 3.53. The zero-order valence-electron chi connectivity index (χ0n) is 13.3. The average molecular weight is 351 g/mol. The number of carbonyl (C=O) groups excluding carboxylic acids is 2. The third kappa shape index (κ3) is 3.56. The number of aromatic nitrogens is 2. The number of amides is 2. The molecule has 0 saturated carbocycles. The van der Waals surface area contributed by atoms with Gasteiger partial charge < -0.3 is 0 Å². The molecule has 0 radical (unpaired) electrons. The summed E-state index contributed by atoms with van der Waals surface area (Å²) in [7, 11) is 0. The number of hydrazine groups is 1. The molecule has 130 valence electrons. The molecule has 3 rings (SSSR count). The summed E-state index contributed by atoms with van der Waals surface area (Å²) in [6, 6.07) is 16.2. The van der Waals surface area contributed by atoms with Gasteiger partial charge in [0.25, 0.3) is 17.5 Å². The summed E-state index contributed by atoms with van der Waals surface area (Å²) in [5.41, 5.74) is 5.36. The number of nitro benzene ring substituents is 1. The van der Waals surface area contributed by atoms with Gasteiger partial charge in [-0.2, -0.15) is 5.10 Å². The predicted molar refractivity (Wildman–Crippen MR) is 92.1 cm³/mol. The highest BCUT2D eigenvalue weighted by Crippen LogP contribution is 2.18. The number of H-pyrrole nitrogens is 1. The van der Waals surface area contributed by atoms with Gasteiger partial charge in [-0.05, 0) is 12.1 Å². The van der Waals surface area contributed by atoms with Crippen molar-refractivity contribution in [1.29, 1.82) is 0 Å². The largest absolute Gasteiger partial charge is 0.287 e. The molecular weight excluding hydrogens is 338 g/mol. The average Bonchev–Trinajstić information content (AvgIpc) is 3.17. The minimum atomic E-state index is -0.798. The van der Waals surface area contributed by atoms with Crippen molar-refractivity contribution in [3.05, 3.63) is 82.0 Å². The summed E-state index contributed by atoms with van der Waals surface area (Å²) in [5, 5.41) is 17.6. The van der Waals surface area contributed by atoms with E-state index in [1.54, 1.807) is 0 Å². The van der Waals surface area contributed by atoms with E-state index in [2.05, 4.69) is 21.0 Å². The zero-order valence-corrected chi connectivity index (χ0v) is 13.3. The van der Waals surface area contributed by atoms with Crippen LogP contribution in [-0.2, 0) is 0 Å². The Kier molecular flexibility index (Phi) is 4.70. The molecule has 0 unspecified atom stereocenters. The van der Waals surface area contributed by atoms with Crippen LogP contribution in [0.15, 0.2) is 60.7 Å². The molecule has 0 saturated heterocycles. The van der Waals surface area contributed by atoms with Crippen LogP contribution in [0.4, 0.5) is 5.69 Å². The van der Waals surface area contributed by atoms with Gasteiger partial charge in [-0.15, -0.1) is 0 Å². The van der Waals surface area contributed by atoms with Crippen LogP contribution >= 0.6 is 0 Å². The Morgan fingerprint density at radius 3 is 2.35 bits per heavy atom. The Bertz CT molecular complexity index is 968. The van der Waals surface area contributed by atoms with E-state index >= 15 is 0 Å². The van der Waals surface area contributed by atoms with Crippen molar-refractivity contribution in [3.8, 4) is 11.3 Å². The normalized spacial score (nSPS) is 10.2. The molecule has 26 heavy (non-hydrogen) atoms. The fraction of sp³-hybridized carbons (Fsp3) is 0. The molecule has 9 heteroatoms. The Labute approximate surface area is 147 Å². The van der Waals surface area contributed by atoms with Crippen LogP contribution in [0.3, 0.4) is 0 Å². The Morgan fingerprint density at radius 1 is 0.962 bits per heavy atom. The third-order valence-electron chi connectivity index (χ3n) is 3.53. The fourth-order valence-electron chi connectivity index (χ4n) is 2.27. The van der Waals surface area contributed by atoms with Crippen LogP contribution in [0.1, 0.15) is 20.8 Å². The van der Waals surface area contributed by atoms with E-state index in [1.165, 1.54) is 30.3 Å². The van der Waals surface area contributed by atoms with Gasteiger partial charge in [0.15, 0.2) is 0 Å². The number of carbonyl (C=O) groups is 2. The number of benzene rings is 2. The molecule has 1 aromatic heterocycles. The summed E-state index contributed by atoms with van der Waals surface area (Å²) in [6.07, 6.45) is 0. The SMILES string of the molecule is O=C(NNC(=O)c1ccccc1[N+](=O)[O-])c1cc(-c2ccccc2)n[nH]1. The highest BCUT2D eigenvalue weighted by atomic mass is 16.6. The molecule has 0 bridgehead atoms. The second-order valence-electron chi connectivity index (χ2n) is 5.22. The Balaban J connectivity index is 1.67.